The van der Waals surface area contributed by atoms with E-state index in [1.165, 1.54) is 0 Å². The van der Waals surface area contributed by atoms with Crippen LogP contribution in [0.25, 0.3) is 0 Å². The van der Waals surface area contributed by atoms with E-state index in [9.17, 15) is 5.11 Å². The van der Waals surface area contributed by atoms with Gasteiger partial charge in [0.1, 0.15) is 0 Å². The molecule has 0 aromatic heterocycles. The van der Waals surface area contributed by atoms with Crippen molar-refractivity contribution in [2.24, 2.45) is 10.4 Å². The molecule has 0 saturated carbocycles. The second-order valence-electron chi connectivity index (χ2n) is 4.51. The molecule has 0 amide bonds. The molecule has 2 nitrogen and oxygen atoms in total. The van der Waals surface area contributed by atoms with Crippen LogP contribution in [0.2, 0.25) is 0 Å². The molecular weight excluding hydrogens is 200 g/mol. The summed E-state index contributed by atoms with van der Waals surface area (Å²) in [6.07, 6.45) is 9.60. The molecule has 0 saturated heterocycles. The molecule has 0 unspecified atom stereocenters. The zero-order chi connectivity index (χ0) is 11.5. The number of nitrogens with zero attached hydrogens (tertiary/aromatic N) is 1. The third-order valence-electron chi connectivity index (χ3n) is 2.11. The van der Waals surface area contributed by atoms with Crippen LogP contribution >= 0.6 is 0 Å². The van der Waals surface area contributed by atoms with Gasteiger partial charge in [-0.25, -0.2) is 0 Å². The molecule has 0 fully saturated rings. The van der Waals surface area contributed by atoms with Crippen molar-refractivity contribution in [2.45, 2.75) is 27.7 Å². The molecule has 1 aliphatic rings. The van der Waals surface area contributed by atoms with Crippen molar-refractivity contribution in [1.82, 2.24) is 0 Å². The molecule has 0 aliphatic heterocycles. The number of hydrogen-bond acceptors (Lipinski definition) is 2. The fraction of sp³-hybridized carbons (Fsp3) is 0.385. The topological polar surface area (TPSA) is 35.4 Å². The maximum Gasteiger partial charge on any atom is 1.00 e. The van der Waals surface area contributed by atoms with Gasteiger partial charge in [-0.05, 0) is 29.9 Å². The van der Waals surface area contributed by atoms with Crippen LogP contribution < -0.4 is 24.0 Å². The predicted molar refractivity (Wildman–Crippen MR) is 67.9 cm³/mol. The van der Waals surface area contributed by atoms with Crippen LogP contribution in [-0.2, 0) is 0 Å². The monoisotopic (exact) mass is 217 g/mol. The van der Waals surface area contributed by atoms with E-state index in [1.807, 2.05) is 58.4 Å². The summed E-state index contributed by atoms with van der Waals surface area (Å²) in [5, 5.41) is 11.7. The van der Waals surface area contributed by atoms with Gasteiger partial charge >= 0.3 is 18.9 Å². The van der Waals surface area contributed by atoms with Crippen molar-refractivity contribution in [3.63, 3.8) is 0 Å². The molecule has 1 rings (SSSR count). The Balaban J connectivity index is 0. The van der Waals surface area contributed by atoms with E-state index >= 15 is 0 Å². The molecule has 17 heavy (non-hydrogen) atoms. The summed E-state index contributed by atoms with van der Waals surface area (Å²) >= 11 is 0. The van der Waals surface area contributed by atoms with Crippen LogP contribution in [0.15, 0.2) is 40.6 Å². The molecule has 0 aromatic rings. The molecule has 0 heterocycles. The Bertz CT molecular complexity index is 360. The van der Waals surface area contributed by atoms with Crippen LogP contribution in [0.3, 0.4) is 0 Å². The van der Waals surface area contributed by atoms with Gasteiger partial charge < -0.3 is 5.11 Å². The van der Waals surface area contributed by atoms with E-state index in [0.717, 1.165) is 11.3 Å². The molecule has 0 N–H and O–H groups in total. The summed E-state index contributed by atoms with van der Waals surface area (Å²) in [6, 6.07) is 0. The Hall–Kier alpha value is -0.115. The number of allylic oxidation sites excluding steroid dienone is 5. The average molecular weight is 217 g/mol. The normalized spacial score (nSPS) is 18.2. The van der Waals surface area contributed by atoms with Crippen molar-refractivity contribution >= 4 is 24.8 Å². The molecule has 2 radical (unpaired) electrons. The first-order chi connectivity index (χ1) is 6.95. The summed E-state index contributed by atoms with van der Waals surface area (Å²) in [5.74, 6) is -0.0863. The third-order valence-corrected chi connectivity index (χ3v) is 2.11. The summed E-state index contributed by atoms with van der Waals surface area (Å²) in [4.78, 5) is 4.13. The minimum Gasteiger partial charge on any atom is -0.861 e. The van der Waals surface area contributed by atoms with Crippen molar-refractivity contribution in [2.75, 3.05) is 0 Å². The van der Waals surface area contributed by atoms with Crippen LogP contribution in [0.4, 0.5) is 0 Å². The third kappa shape index (κ3) is 5.85. The van der Waals surface area contributed by atoms with Gasteiger partial charge in [-0.3, -0.25) is 4.99 Å². The fourth-order valence-corrected chi connectivity index (χ4v) is 1.11. The molecule has 0 aromatic carbocycles. The average Bonchev–Trinajstić information content (AvgIpc) is 2.17. The van der Waals surface area contributed by atoms with E-state index in [2.05, 4.69) is 4.99 Å². The first-order valence-electron chi connectivity index (χ1n) is 5.09. The van der Waals surface area contributed by atoms with Crippen molar-refractivity contribution in [3.8, 4) is 0 Å². The molecule has 0 bridgehead atoms. The maximum atomic E-state index is 11.7. The van der Waals surface area contributed by atoms with E-state index < -0.39 is 5.41 Å². The van der Waals surface area contributed by atoms with Crippen molar-refractivity contribution in [1.29, 1.82) is 0 Å². The smallest absolute Gasteiger partial charge is 0.861 e. The Morgan fingerprint density at radius 2 is 1.88 bits per heavy atom. The minimum atomic E-state index is -0.416. The van der Waals surface area contributed by atoms with Gasteiger partial charge in [-0.15, -0.1) is 0 Å². The molecular formula is C13H17Li2NO. The molecule has 0 spiro atoms. The van der Waals surface area contributed by atoms with E-state index in [-0.39, 0.29) is 43.6 Å². The number of aliphatic imine (C=N–C) groups is 1. The summed E-state index contributed by atoms with van der Waals surface area (Å²) in [7, 11) is 0. The van der Waals surface area contributed by atoms with Gasteiger partial charge in [0.05, 0.1) is 5.70 Å². The van der Waals surface area contributed by atoms with Gasteiger partial charge in [0, 0.05) is 25.3 Å². The van der Waals surface area contributed by atoms with Crippen molar-refractivity contribution < 1.29 is 24.0 Å². The zero-order valence-corrected chi connectivity index (χ0v) is 11.7. The summed E-state index contributed by atoms with van der Waals surface area (Å²) < 4.78 is 0. The van der Waals surface area contributed by atoms with Gasteiger partial charge in [-0.1, -0.05) is 39.0 Å². The molecule has 0 atom stereocenters. The Labute approximate surface area is 128 Å². The summed E-state index contributed by atoms with van der Waals surface area (Å²) in [5.41, 5.74) is 1.33. The summed E-state index contributed by atoms with van der Waals surface area (Å²) in [6.45, 7) is 7.56. The predicted octanol–water partition coefficient (Wildman–Crippen LogP) is -0.981. The largest absolute Gasteiger partial charge is 1.00 e. The first-order valence-corrected chi connectivity index (χ1v) is 5.09. The molecule has 4 heteroatoms. The first kappa shape index (κ1) is 19.2. The number of rotatable bonds is 1. The van der Waals surface area contributed by atoms with E-state index in [0.29, 0.717) is 0 Å². The van der Waals surface area contributed by atoms with Gasteiger partial charge in [0.25, 0.3) is 0 Å². The van der Waals surface area contributed by atoms with Crippen LogP contribution in [0, 0.1) is 11.8 Å². The Morgan fingerprint density at radius 1 is 1.29 bits per heavy atom. The maximum absolute atomic E-state index is 11.7. The van der Waals surface area contributed by atoms with Gasteiger partial charge in [0.2, 0.25) is 0 Å². The second-order valence-corrected chi connectivity index (χ2v) is 4.51. The van der Waals surface area contributed by atoms with Crippen LogP contribution in [0.5, 0.6) is 0 Å². The minimum absolute atomic E-state index is 0. The van der Waals surface area contributed by atoms with Crippen molar-refractivity contribution in [3.05, 3.63) is 42.0 Å². The fourth-order valence-electron chi connectivity index (χ4n) is 1.11. The second kappa shape index (κ2) is 8.07. The Morgan fingerprint density at radius 3 is 2.35 bits per heavy atom. The zero-order valence-electron chi connectivity index (χ0n) is 11.7. The standard InChI is InChI=1S/C13H18NO.2Li/c1-5-10-8-6-7-9-11(10)14-12(15)13(2,3)4;;/h5-9H,1-4H3,(H,14,15);;/q;;+1/p-1. The quantitative estimate of drug-likeness (QED) is 0.316. The van der Waals surface area contributed by atoms with E-state index in [4.69, 9.17) is 0 Å². The van der Waals surface area contributed by atoms with Crippen LogP contribution in [-0.4, -0.2) is 24.8 Å². The Kier molecular flexibility index (Phi) is 9.13. The van der Waals surface area contributed by atoms with Crippen LogP contribution in [0.1, 0.15) is 27.7 Å². The number of hydrogen-bond donors (Lipinski definition) is 0. The molecule has 82 valence electrons. The molecule has 1 aliphatic carbocycles. The van der Waals surface area contributed by atoms with E-state index in [1.54, 1.807) is 0 Å². The van der Waals surface area contributed by atoms with Gasteiger partial charge in [-0.2, -0.15) is 0 Å². The van der Waals surface area contributed by atoms with Gasteiger partial charge in [0.15, 0.2) is 0 Å². The SMILES string of the molecule is CC=C1[CH]C=CC=C1N=C([O-])C(C)(C)C.[Li+].[Li].